The van der Waals surface area contributed by atoms with Crippen LogP contribution in [0.3, 0.4) is 0 Å². The summed E-state index contributed by atoms with van der Waals surface area (Å²) in [4.78, 5) is 30.2. The Morgan fingerprint density at radius 3 is 2.39 bits per heavy atom. The van der Waals surface area contributed by atoms with E-state index in [2.05, 4.69) is 25.8 Å². The molecule has 8 heteroatoms. The Kier molecular flexibility index (Phi) is 7.80. The molecule has 3 N–H and O–H groups in total. The molecule has 4 rings (SSSR count). The van der Waals surface area contributed by atoms with E-state index in [1.54, 1.807) is 6.07 Å². The molecule has 0 atom stereocenters. The van der Waals surface area contributed by atoms with Crippen LogP contribution in [0.15, 0.2) is 42.5 Å². The van der Waals surface area contributed by atoms with Crippen molar-refractivity contribution in [3.63, 3.8) is 0 Å². The molecular formula is C25H33N5O3. The highest BCUT2D eigenvalue weighted by Crippen LogP contribution is 2.27. The van der Waals surface area contributed by atoms with Crippen molar-refractivity contribution in [3.8, 4) is 0 Å². The highest BCUT2D eigenvalue weighted by Gasteiger charge is 2.21. The predicted molar refractivity (Wildman–Crippen MR) is 131 cm³/mol. The van der Waals surface area contributed by atoms with Crippen LogP contribution >= 0.6 is 0 Å². The lowest BCUT2D eigenvalue weighted by molar-refractivity contribution is 0.0383. The van der Waals surface area contributed by atoms with Gasteiger partial charge in [-0.15, -0.1) is 0 Å². The number of benzene rings is 2. The van der Waals surface area contributed by atoms with E-state index < -0.39 is 0 Å². The molecule has 0 aliphatic carbocycles. The Balaban J connectivity index is 1.43. The van der Waals surface area contributed by atoms with Gasteiger partial charge in [0.15, 0.2) is 0 Å². The Morgan fingerprint density at radius 2 is 1.67 bits per heavy atom. The van der Waals surface area contributed by atoms with Gasteiger partial charge in [-0.1, -0.05) is 12.1 Å². The number of ether oxygens (including phenoxy) is 1. The number of nitrogens with zero attached hydrogens (tertiary/aromatic N) is 2. The monoisotopic (exact) mass is 451 g/mol. The Hall–Kier alpha value is -3.10. The molecule has 2 saturated heterocycles. The van der Waals surface area contributed by atoms with Gasteiger partial charge in [-0.2, -0.15) is 0 Å². The fraction of sp³-hybridized carbons (Fsp3) is 0.440. The van der Waals surface area contributed by atoms with Crippen molar-refractivity contribution in [1.29, 1.82) is 0 Å². The minimum Gasteiger partial charge on any atom is -0.379 e. The third-order valence-corrected chi connectivity index (χ3v) is 6.04. The minimum absolute atomic E-state index is 0.118. The lowest BCUT2D eigenvalue weighted by Crippen LogP contribution is -2.41. The van der Waals surface area contributed by atoms with Crippen molar-refractivity contribution in [2.75, 3.05) is 68.0 Å². The summed E-state index contributed by atoms with van der Waals surface area (Å²) in [5.41, 5.74) is 3.88. The van der Waals surface area contributed by atoms with Gasteiger partial charge in [-0.05, 0) is 55.7 Å². The number of urea groups is 1. The summed E-state index contributed by atoms with van der Waals surface area (Å²) in [5, 5.41) is 8.76. The molecule has 3 amide bonds. The number of hydrogen-bond acceptors (Lipinski definition) is 5. The van der Waals surface area contributed by atoms with E-state index in [1.165, 1.54) is 0 Å². The van der Waals surface area contributed by atoms with E-state index in [1.807, 2.05) is 43.3 Å². The van der Waals surface area contributed by atoms with Crippen LogP contribution in [-0.4, -0.2) is 69.3 Å². The van der Waals surface area contributed by atoms with Crippen LogP contribution in [0.25, 0.3) is 0 Å². The Morgan fingerprint density at radius 1 is 0.939 bits per heavy atom. The van der Waals surface area contributed by atoms with E-state index in [0.717, 1.165) is 75.7 Å². The number of rotatable bonds is 7. The highest BCUT2D eigenvalue weighted by atomic mass is 16.5. The number of anilines is 3. The SMILES string of the molecule is Cc1cccc(NC(=O)Nc2ccc(N3CCCC3)c(C(=O)NCCN3CCOCC3)c2)c1. The highest BCUT2D eigenvalue weighted by molar-refractivity contribution is 6.04. The summed E-state index contributed by atoms with van der Waals surface area (Å²) in [6.45, 7) is 8.49. The first-order valence-corrected chi connectivity index (χ1v) is 11.7. The second-order valence-corrected chi connectivity index (χ2v) is 8.58. The van der Waals surface area contributed by atoms with Crippen molar-refractivity contribution >= 4 is 29.0 Å². The predicted octanol–water partition coefficient (Wildman–Crippen LogP) is 3.30. The van der Waals surface area contributed by atoms with E-state index >= 15 is 0 Å². The Labute approximate surface area is 195 Å². The topological polar surface area (TPSA) is 85.9 Å². The van der Waals surface area contributed by atoms with Gasteiger partial charge in [0.2, 0.25) is 0 Å². The van der Waals surface area contributed by atoms with Crippen LogP contribution in [0.2, 0.25) is 0 Å². The van der Waals surface area contributed by atoms with E-state index in [9.17, 15) is 9.59 Å². The zero-order chi connectivity index (χ0) is 23.0. The van der Waals surface area contributed by atoms with Crippen LogP contribution in [0.4, 0.5) is 21.9 Å². The van der Waals surface area contributed by atoms with Crippen LogP contribution in [0, 0.1) is 6.92 Å². The normalized spacial score (nSPS) is 16.5. The first-order chi connectivity index (χ1) is 16.1. The molecule has 0 bridgehead atoms. The molecule has 2 aromatic rings. The molecule has 2 heterocycles. The molecule has 2 aliphatic heterocycles. The maximum Gasteiger partial charge on any atom is 0.323 e. The summed E-state index contributed by atoms with van der Waals surface area (Å²) in [7, 11) is 0. The number of carbonyl (C=O) groups excluding carboxylic acids is 2. The van der Waals surface area contributed by atoms with Gasteiger partial charge in [0.05, 0.1) is 18.8 Å². The zero-order valence-electron chi connectivity index (χ0n) is 19.2. The number of carbonyl (C=O) groups is 2. The van der Waals surface area contributed by atoms with Gasteiger partial charge in [0.1, 0.15) is 0 Å². The summed E-state index contributed by atoms with van der Waals surface area (Å²) in [5.74, 6) is -0.118. The van der Waals surface area contributed by atoms with Crippen molar-refractivity contribution in [1.82, 2.24) is 10.2 Å². The lowest BCUT2D eigenvalue weighted by Gasteiger charge is -2.26. The fourth-order valence-electron chi connectivity index (χ4n) is 4.29. The molecule has 0 spiro atoms. The molecule has 176 valence electrons. The number of amides is 3. The van der Waals surface area contributed by atoms with Crippen LogP contribution in [0.5, 0.6) is 0 Å². The second-order valence-electron chi connectivity index (χ2n) is 8.58. The zero-order valence-corrected chi connectivity index (χ0v) is 19.2. The van der Waals surface area contributed by atoms with E-state index in [4.69, 9.17) is 4.74 Å². The van der Waals surface area contributed by atoms with Crippen molar-refractivity contribution < 1.29 is 14.3 Å². The summed E-state index contributed by atoms with van der Waals surface area (Å²) < 4.78 is 5.38. The number of morpholine rings is 1. The minimum atomic E-state index is -0.340. The van der Waals surface area contributed by atoms with Gasteiger partial charge in [-0.3, -0.25) is 9.69 Å². The summed E-state index contributed by atoms with van der Waals surface area (Å²) in [6.07, 6.45) is 2.24. The maximum atomic E-state index is 13.1. The Bertz CT molecular complexity index is 968. The lowest BCUT2D eigenvalue weighted by atomic mass is 10.1. The fourth-order valence-corrected chi connectivity index (χ4v) is 4.29. The van der Waals surface area contributed by atoms with Crippen molar-refractivity contribution in [3.05, 3.63) is 53.6 Å². The number of nitrogens with one attached hydrogen (secondary N) is 3. The number of aryl methyl sites for hydroxylation is 1. The molecule has 2 aromatic carbocycles. The molecule has 0 aromatic heterocycles. The third-order valence-electron chi connectivity index (χ3n) is 6.04. The van der Waals surface area contributed by atoms with Crippen LogP contribution in [-0.2, 0) is 4.74 Å². The quantitative estimate of drug-likeness (QED) is 0.601. The summed E-state index contributed by atoms with van der Waals surface area (Å²) >= 11 is 0. The van der Waals surface area contributed by atoms with Gasteiger partial charge >= 0.3 is 6.03 Å². The third kappa shape index (κ3) is 6.46. The van der Waals surface area contributed by atoms with Crippen molar-refractivity contribution in [2.24, 2.45) is 0 Å². The number of hydrogen-bond donors (Lipinski definition) is 3. The maximum absolute atomic E-state index is 13.1. The molecule has 0 unspecified atom stereocenters. The molecule has 2 fully saturated rings. The largest absolute Gasteiger partial charge is 0.379 e. The van der Waals surface area contributed by atoms with E-state index in [0.29, 0.717) is 17.8 Å². The van der Waals surface area contributed by atoms with Crippen LogP contribution < -0.4 is 20.9 Å². The molecular weight excluding hydrogens is 418 g/mol. The average Bonchev–Trinajstić information content (AvgIpc) is 3.34. The molecule has 0 radical (unpaired) electrons. The van der Waals surface area contributed by atoms with Gasteiger partial charge in [0.25, 0.3) is 5.91 Å². The molecule has 2 aliphatic rings. The standard InChI is InChI=1S/C25H33N5O3/c1-19-5-4-6-20(17-19)27-25(32)28-21-7-8-23(30-10-2-3-11-30)22(18-21)24(31)26-9-12-29-13-15-33-16-14-29/h4-8,17-18H,2-3,9-16H2,1H3,(H,26,31)(H2,27,28,32). The second kappa shape index (κ2) is 11.2. The van der Waals surface area contributed by atoms with Crippen LogP contribution in [0.1, 0.15) is 28.8 Å². The molecule has 0 saturated carbocycles. The molecule has 33 heavy (non-hydrogen) atoms. The first-order valence-electron chi connectivity index (χ1n) is 11.7. The average molecular weight is 452 g/mol. The van der Waals surface area contributed by atoms with Crippen molar-refractivity contribution in [2.45, 2.75) is 19.8 Å². The van der Waals surface area contributed by atoms with Gasteiger partial charge in [0, 0.05) is 56.3 Å². The first kappa shape index (κ1) is 23.1. The summed E-state index contributed by atoms with van der Waals surface area (Å²) in [6, 6.07) is 12.8. The molecule has 8 nitrogen and oxygen atoms in total. The van der Waals surface area contributed by atoms with Gasteiger partial charge < -0.3 is 25.6 Å². The smallest absolute Gasteiger partial charge is 0.323 e. The van der Waals surface area contributed by atoms with E-state index in [-0.39, 0.29) is 11.9 Å². The van der Waals surface area contributed by atoms with Gasteiger partial charge in [-0.25, -0.2) is 4.79 Å².